The molecule has 1 aliphatic rings. The van der Waals surface area contributed by atoms with Gasteiger partial charge in [-0.25, -0.2) is 0 Å². The normalized spacial score (nSPS) is 12.4. The molecule has 284 valence electrons. The molecule has 8 aromatic rings. The summed E-state index contributed by atoms with van der Waals surface area (Å²) in [5, 5.41) is 0. The Morgan fingerprint density at radius 3 is 1.07 bits per heavy atom. The van der Waals surface area contributed by atoms with Gasteiger partial charge in [0.2, 0.25) is 0 Å². The lowest BCUT2D eigenvalue weighted by Crippen LogP contribution is -2.18. The van der Waals surface area contributed by atoms with Crippen molar-refractivity contribution in [3.05, 3.63) is 221 Å². The van der Waals surface area contributed by atoms with Crippen LogP contribution in [0.15, 0.2) is 188 Å². The lowest BCUT2D eigenvalue weighted by molar-refractivity contribution is 0.660. The molecule has 0 bridgehead atoms. The van der Waals surface area contributed by atoms with E-state index >= 15 is 0 Å². The topological polar surface area (TPSA) is 9.72 Å². The maximum absolute atomic E-state index is 2.43. The highest BCUT2D eigenvalue weighted by Gasteiger charge is 2.36. The predicted octanol–water partition coefficient (Wildman–Crippen LogP) is 15.6. The van der Waals surface area contributed by atoms with Gasteiger partial charge in [-0.15, -0.1) is 0 Å². The zero-order valence-corrected chi connectivity index (χ0v) is 34.2. The first-order chi connectivity index (χ1) is 28.2. The molecule has 0 aliphatic heterocycles. The van der Waals surface area contributed by atoms with E-state index in [0.29, 0.717) is 0 Å². The number of nitrogens with zero attached hydrogens (tertiary/aromatic N) is 3. The van der Waals surface area contributed by atoms with E-state index < -0.39 is 0 Å². The highest BCUT2D eigenvalue weighted by molar-refractivity contribution is 5.91. The maximum atomic E-state index is 2.43. The molecule has 0 atom stereocenters. The van der Waals surface area contributed by atoms with E-state index in [1.807, 2.05) is 0 Å². The largest absolute Gasteiger partial charge is 0.310 e. The van der Waals surface area contributed by atoms with Crippen LogP contribution in [-0.4, -0.2) is 0 Å². The fourth-order valence-corrected chi connectivity index (χ4v) is 8.60. The summed E-state index contributed by atoms with van der Waals surface area (Å²) in [7, 11) is 0. The van der Waals surface area contributed by atoms with Gasteiger partial charge in [0.25, 0.3) is 0 Å². The molecule has 3 nitrogen and oxygen atoms in total. The Labute approximate surface area is 344 Å². The van der Waals surface area contributed by atoms with Gasteiger partial charge in [0.1, 0.15) is 0 Å². The molecule has 0 fully saturated rings. The first-order valence-corrected chi connectivity index (χ1v) is 20.3. The fourth-order valence-electron chi connectivity index (χ4n) is 8.60. The van der Waals surface area contributed by atoms with Crippen molar-refractivity contribution in [1.29, 1.82) is 0 Å². The highest BCUT2D eigenvalue weighted by atomic mass is 15.2. The molecule has 1 aliphatic carbocycles. The van der Waals surface area contributed by atoms with E-state index in [9.17, 15) is 0 Å². The molecule has 0 saturated heterocycles. The van der Waals surface area contributed by atoms with Crippen LogP contribution >= 0.6 is 0 Å². The molecule has 9 rings (SSSR count). The summed E-state index contributed by atoms with van der Waals surface area (Å²) >= 11 is 0. The third-order valence-electron chi connectivity index (χ3n) is 12.0. The van der Waals surface area contributed by atoms with Crippen molar-refractivity contribution < 1.29 is 0 Å². The van der Waals surface area contributed by atoms with Crippen LogP contribution in [0.25, 0.3) is 11.1 Å². The van der Waals surface area contributed by atoms with E-state index in [0.717, 1.165) is 51.2 Å². The Hall–Kier alpha value is -6.84. The van der Waals surface area contributed by atoms with E-state index in [1.165, 1.54) is 44.5 Å². The molecule has 58 heavy (non-hydrogen) atoms. The van der Waals surface area contributed by atoms with Gasteiger partial charge in [-0.1, -0.05) is 111 Å². The standard InChI is InChI=1S/C55H49N3/c1-38-26-28-45(32-40(38)3)56(42-18-10-7-11-19-42)48-34-49(57(43-20-12-8-13-21-43)46-29-27-39(2)41(4)33-46)36-50(35-48)58(44-22-14-9-15-23-44)47-30-31-52-51-24-16-17-25-53(51)55(5,6)54(52)37-47/h7-37H,1-6H3. The molecule has 0 unspecified atom stereocenters. The SMILES string of the molecule is Cc1ccc(N(c2ccccc2)c2cc(N(c3ccccc3)c3ccc(C)c(C)c3)cc(N(c3ccccc3)c3ccc4c(c3)C(C)(C)c3ccccc3-4)c2)cc1C. The van der Waals surface area contributed by atoms with Crippen LogP contribution in [-0.2, 0) is 5.41 Å². The monoisotopic (exact) mass is 751 g/mol. The minimum absolute atomic E-state index is 0.141. The molecule has 0 spiro atoms. The van der Waals surface area contributed by atoms with Gasteiger partial charge in [0.15, 0.2) is 0 Å². The maximum Gasteiger partial charge on any atom is 0.0503 e. The Kier molecular flexibility index (Phi) is 9.46. The summed E-state index contributed by atoms with van der Waals surface area (Å²) in [5.74, 6) is 0. The molecular formula is C55H49N3. The molecular weight excluding hydrogens is 703 g/mol. The van der Waals surface area contributed by atoms with Crippen molar-refractivity contribution in [3.63, 3.8) is 0 Å². The first-order valence-electron chi connectivity index (χ1n) is 20.3. The van der Waals surface area contributed by atoms with Crippen LogP contribution in [0.2, 0.25) is 0 Å². The minimum atomic E-state index is -0.141. The van der Waals surface area contributed by atoms with Crippen LogP contribution < -0.4 is 14.7 Å². The Morgan fingerprint density at radius 1 is 0.276 bits per heavy atom. The summed E-state index contributed by atoms with van der Waals surface area (Å²) in [6.07, 6.45) is 0. The lowest BCUT2D eigenvalue weighted by atomic mass is 9.82. The van der Waals surface area contributed by atoms with Gasteiger partial charge in [0.05, 0.1) is 17.1 Å². The summed E-state index contributed by atoms with van der Waals surface area (Å²) in [4.78, 5) is 7.22. The van der Waals surface area contributed by atoms with Crippen molar-refractivity contribution in [2.45, 2.75) is 47.0 Å². The van der Waals surface area contributed by atoms with Gasteiger partial charge in [-0.05, 0) is 163 Å². The second kappa shape index (κ2) is 14.9. The predicted molar refractivity (Wildman–Crippen MR) is 247 cm³/mol. The Morgan fingerprint density at radius 2 is 0.638 bits per heavy atom. The molecule has 0 aromatic heterocycles. The van der Waals surface area contributed by atoms with Gasteiger partial charge < -0.3 is 14.7 Å². The van der Waals surface area contributed by atoms with Crippen molar-refractivity contribution in [1.82, 2.24) is 0 Å². The highest BCUT2D eigenvalue weighted by Crippen LogP contribution is 2.52. The Bertz CT molecular complexity index is 2640. The number of benzene rings is 8. The van der Waals surface area contributed by atoms with Gasteiger partial charge in [-0.3, -0.25) is 0 Å². The molecule has 0 N–H and O–H groups in total. The van der Waals surface area contributed by atoms with Crippen LogP contribution in [0.1, 0.15) is 47.2 Å². The van der Waals surface area contributed by atoms with Crippen molar-refractivity contribution in [2.75, 3.05) is 14.7 Å². The van der Waals surface area contributed by atoms with E-state index in [1.54, 1.807) is 0 Å². The van der Waals surface area contributed by atoms with E-state index in [4.69, 9.17) is 0 Å². The molecule has 0 radical (unpaired) electrons. The third-order valence-corrected chi connectivity index (χ3v) is 12.0. The quantitative estimate of drug-likeness (QED) is 0.145. The molecule has 0 amide bonds. The number of para-hydroxylation sites is 3. The molecule has 0 saturated carbocycles. The average Bonchev–Trinajstić information content (AvgIpc) is 3.47. The van der Waals surface area contributed by atoms with Crippen LogP contribution in [0.4, 0.5) is 51.2 Å². The van der Waals surface area contributed by atoms with Crippen LogP contribution in [0.3, 0.4) is 0 Å². The number of hydrogen-bond acceptors (Lipinski definition) is 3. The minimum Gasteiger partial charge on any atom is -0.310 e. The van der Waals surface area contributed by atoms with Crippen molar-refractivity contribution in [3.8, 4) is 11.1 Å². The van der Waals surface area contributed by atoms with Crippen LogP contribution in [0.5, 0.6) is 0 Å². The van der Waals surface area contributed by atoms with Gasteiger partial charge in [-0.2, -0.15) is 0 Å². The molecule has 3 heteroatoms. The number of hydrogen-bond donors (Lipinski definition) is 0. The lowest BCUT2D eigenvalue weighted by Gasteiger charge is -2.33. The average molecular weight is 752 g/mol. The third kappa shape index (κ3) is 6.63. The summed E-state index contributed by atoms with van der Waals surface area (Å²) in [5.41, 5.74) is 20.0. The molecule has 0 heterocycles. The van der Waals surface area contributed by atoms with E-state index in [-0.39, 0.29) is 5.41 Å². The van der Waals surface area contributed by atoms with Crippen molar-refractivity contribution >= 4 is 51.2 Å². The number of rotatable bonds is 9. The van der Waals surface area contributed by atoms with E-state index in [2.05, 4.69) is 244 Å². The zero-order valence-electron chi connectivity index (χ0n) is 34.2. The Balaban J connectivity index is 1.34. The summed E-state index contributed by atoms with van der Waals surface area (Å²) in [6.45, 7) is 13.5. The van der Waals surface area contributed by atoms with Crippen molar-refractivity contribution in [2.24, 2.45) is 0 Å². The zero-order chi connectivity index (χ0) is 40.0. The van der Waals surface area contributed by atoms with Gasteiger partial charge >= 0.3 is 0 Å². The second-order valence-electron chi connectivity index (χ2n) is 16.2. The second-order valence-corrected chi connectivity index (χ2v) is 16.2. The summed E-state index contributed by atoms with van der Waals surface area (Å²) < 4.78 is 0. The number of aryl methyl sites for hydroxylation is 4. The molecule has 8 aromatic carbocycles. The number of anilines is 9. The fraction of sp³-hybridized carbons (Fsp3) is 0.127. The number of fused-ring (bicyclic) bond motifs is 3. The summed E-state index contributed by atoms with van der Waals surface area (Å²) in [6, 6.07) is 68.9. The van der Waals surface area contributed by atoms with Gasteiger partial charge in [0, 0.05) is 39.5 Å². The smallest absolute Gasteiger partial charge is 0.0503 e. The first kappa shape index (κ1) is 36.8. The van der Waals surface area contributed by atoms with Crippen LogP contribution in [0, 0.1) is 27.7 Å².